The fourth-order valence-electron chi connectivity index (χ4n) is 2.49. The second-order valence-electron chi connectivity index (χ2n) is 5.32. The maximum absolute atomic E-state index is 5.82. The number of halogens is 1. The minimum atomic E-state index is 0.265. The lowest BCUT2D eigenvalue weighted by Gasteiger charge is -2.44. The summed E-state index contributed by atoms with van der Waals surface area (Å²) in [6.45, 7) is 9.58. The first-order valence-corrected chi connectivity index (χ1v) is 7.77. The average Bonchev–Trinajstić information content (AvgIpc) is 2.43. The molecule has 1 unspecified atom stereocenters. The van der Waals surface area contributed by atoms with Crippen molar-refractivity contribution in [3.63, 3.8) is 0 Å². The Morgan fingerprint density at radius 3 is 2.79 bits per heavy atom. The summed E-state index contributed by atoms with van der Waals surface area (Å²) >= 11 is 3.43. The monoisotopic (exact) mass is 326 g/mol. The van der Waals surface area contributed by atoms with Crippen molar-refractivity contribution in [2.24, 2.45) is 0 Å². The SMILES string of the molecule is CCC1(C)CNCCN1CCOc1ccc(Br)cc1. The van der Waals surface area contributed by atoms with Gasteiger partial charge in [-0.2, -0.15) is 0 Å². The quantitative estimate of drug-likeness (QED) is 0.900. The van der Waals surface area contributed by atoms with E-state index in [2.05, 4.69) is 40.0 Å². The summed E-state index contributed by atoms with van der Waals surface area (Å²) in [4.78, 5) is 2.54. The number of hydrogen-bond donors (Lipinski definition) is 1. The molecule has 1 aliphatic heterocycles. The van der Waals surface area contributed by atoms with Gasteiger partial charge in [0.25, 0.3) is 0 Å². The Labute approximate surface area is 124 Å². The van der Waals surface area contributed by atoms with E-state index in [1.165, 1.54) is 0 Å². The number of nitrogens with zero attached hydrogens (tertiary/aromatic N) is 1. The Bertz CT molecular complexity index is 396. The molecule has 1 aromatic carbocycles. The van der Waals surface area contributed by atoms with Crippen LogP contribution in [0.3, 0.4) is 0 Å². The number of ether oxygens (including phenoxy) is 1. The molecule has 1 fully saturated rings. The highest BCUT2D eigenvalue weighted by molar-refractivity contribution is 9.10. The number of rotatable bonds is 5. The summed E-state index contributed by atoms with van der Waals surface area (Å²) in [5.74, 6) is 0.941. The summed E-state index contributed by atoms with van der Waals surface area (Å²) in [5.41, 5.74) is 0.265. The first-order chi connectivity index (χ1) is 9.14. The van der Waals surface area contributed by atoms with Crippen molar-refractivity contribution >= 4 is 15.9 Å². The molecular weight excluding hydrogens is 304 g/mol. The fraction of sp³-hybridized carbons (Fsp3) is 0.600. The van der Waals surface area contributed by atoms with Crippen molar-refractivity contribution in [1.29, 1.82) is 0 Å². The van der Waals surface area contributed by atoms with Crippen LogP contribution in [0.25, 0.3) is 0 Å². The van der Waals surface area contributed by atoms with Crippen molar-refractivity contribution in [3.8, 4) is 5.75 Å². The van der Waals surface area contributed by atoms with Crippen LogP contribution in [0.1, 0.15) is 20.3 Å². The third kappa shape index (κ3) is 3.94. The molecule has 0 aliphatic carbocycles. The highest BCUT2D eigenvalue weighted by atomic mass is 79.9. The van der Waals surface area contributed by atoms with Gasteiger partial charge in [-0.15, -0.1) is 0 Å². The van der Waals surface area contributed by atoms with Crippen molar-refractivity contribution in [3.05, 3.63) is 28.7 Å². The minimum Gasteiger partial charge on any atom is -0.492 e. The predicted octanol–water partition coefficient (Wildman–Crippen LogP) is 2.90. The van der Waals surface area contributed by atoms with E-state index in [1.54, 1.807) is 0 Å². The molecule has 0 radical (unpaired) electrons. The predicted molar refractivity (Wildman–Crippen MR) is 82.8 cm³/mol. The van der Waals surface area contributed by atoms with Gasteiger partial charge < -0.3 is 10.1 Å². The maximum atomic E-state index is 5.82. The third-order valence-corrected chi connectivity index (χ3v) is 4.56. The molecule has 0 saturated carbocycles. The molecule has 0 amide bonds. The molecule has 106 valence electrons. The zero-order valence-electron chi connectivity index (χ0n) is 11.8. The van der Waals surface area contributed by atoms with Gasteiger partial charge in [0.15, 0.2) is 0 Å². The van der Waals surface area contributed by atoms with Gasteiger partial charge in [0.2, 0.25) is 0 Å². The minimum absolute atomic E-state index is 0.265. The number of piperazine rings is 1. The molecule has 0 spiro atoms. The summed E-state index contributed by atoms with van der Waals surface area (Å²) in [7, 11) is 0. The van der Waals surface area contributed by atoms with E-state index in [-0.39, 0.29) is 5.54 Å². The van der Waals surface area contributed by atoms with Gasteiger partial charge in [-0.3, -0.25) is 4.90 Å². The number of benzene rings is 1. The molecule has 0 bridgehead atoms. The summed E-state index contributed by atoms with van der Waals surface area (Å²) in [5, 5.41) is 3.48. The van der Waals surface area contributed by atoms with Gasteiger partial charge in [-0.05, 0) is 37.6 Å². The molecule has 19 heavy (non-hydrogen) atoms. The Morgan fingerprint density at radius 2 is 2.11 bits per heavy atom. The van der Waals surface area contributed by atoms with Crippen LogP contribution in [0.2, 0.25) is 0 Å². The molecule has 1 aliphatic rings. The van der Waals surface area contributed by atoms with Gasteiger partial charge >= 0.3 is 0 Å². The van der Waals surface area contributed by atoms with Gasteiger partial charge in [0, 0.05) is 36.2 Å². The zero-order valence-corrected chi connectivity index (χ0v) is 13.4. The van der Waals surface area contributed by atoms with Crippen LogP contribution in [0, 0.1) is 0 Å². The molecule has 1 atom stereocenters. The van der Waals surface area contributed by atoms with E-state index in [4.69, 9.17) is 4.74 Å². The molecule has 1 heterocycles. The second kappa shape index (κ2) is 6.73. The van der Waals surface area contributed by atoms with Crippen LogP contribution >= 0.6 is 15.9 Å². The second-order valence-corrected chi connectivity index (χ2v) is 6.23. The largest absolute Gasteiger partial charge is 0.492 e. The molecular formula is C15H23BrN2O. The van der Waals surface area contributed by atoms with E-state index < -0.39 is 0 Å². The van der Waals surface area contributed by atoms with Gasteiger partial charge in [-0.25, -0.2) is 0 Å². The summed E-state index contributed by atoms with van der Waals surface area (Å²) in [6.07, 6.45) is 1.16. The van der Waals surface area contributed by atoms with Crippen molar-refractivity contribution < 1.29 is 4.74 Å². The topological polar surface area (TPSA) is 24.5 Å². The molecule has 0 aromatic heterocycles. The highest BCUT2D eigenvalue weighted by Crippen LogP contribution is 2.21. The normalized spacial score (nSPS) is 24.4. The van der Waals surface area contributed by atoms with Crippen molar-refractivity contribution in [2.45, 2.75) is 25.8 Å². The van der Waals surface area contributed by atoms with Crippen LogP contribution in [-0.4, -0.2) is 43.2 Å². The fourth-order valence-corrected chi connectivity index (χ4v) is 2.75. The van der Waals surface area contributed by atoms with Crippen molar-refractivity contribution in [1.82, 2.24) is 10.2 Å². The van der Waals surface area contributed by atoms with Gasteiger partial charge in [-0.1, -0.05) is 22.9 Å². The van der Waals surface area contributed by atoms with Crippen molar-refractivity contribution in [2.75, 3.05) is 32.8 Å². The Kier molecular flexibility index (Phi) is 5.25. The first kappa shape index (κ1) is 14.8. The van der Waals surface area contributed by atoms with Crippen LogP contribution in [-0.2, 0) is 0 Å². The molecule has 1 N–H and O–H groups in total. The van der Waals surface area contributed by atoms with E-state index in [1.807, 2.05) is 24.3 Å². The van der Waals surface area contributed by atoms with Gasteiger partial charge in [0.05, 0.1) is 0 Å². The molecule has 4 heteroatoms. The molecule has 3 nitrogen and oxygen atoms in total. The highest BCUT2D eigenvalue weighted by Gasteiger charge is 2.32. The van der Waals surface area contributed by atoms with E-state index >= 15 is 0 Å². The lowest BCUT2D eigenvalue weighted by atomic mass is 9.94. The maximum Gasteiger partial charge on any atom is 0.119 e. The zero-order chi connectivity index (χ0) is 13.7. The van der Waals surface area contributed by atoms with Crippen LogP contribution in [0.15, 0.2) is 28.7 Å². The molecule has 2 rings (SSSR count). The van der Waals surface area contributed by atoms with E-state index in [9.17, 15) is 0 Å². The first-order valence-electron chi connectivity index (χ1n) is 6.98. The molecule has 1 aromatic rings. The Balaban J connectivity index is 1.82. The van der Waals surface area contributed by atoms with E-state index in [0.717, 1.165) is 49.4 Å². The lowest BCUT2D eigenvalue weighted by molar-refractivity contribution is 0.0575. The Hall–Kier alpha value is -0.580. The average molecular weight is 327 g/mol. The summed E-state index contributed by atoms with van der Waals surface area (Å²) < 4.78 is 6.90. The van der Waals surface area contributed by atoms with Crippen LogP contribution in [0.4, 0.5) is 0 Å². The third-order valence-electron chi connectivity index (χ3n) is 4.03. The molecule has 1 saturated heterocycles. The van der Waals surface area contributed by atoms with Crippen LogP contribution in [0.5, 0.6) is 5.75 Å². The lowest BCUT2D eigenvalue weighted by Crippen LogP contribution is -2.60. The number of nitrogens with one attached hydrogen (secondary N) is 1. The smallest absolute Gasteiger partial charge is 0.119 e. The Morgan fingerprint density at radius 1 is 1.37 bits per heavy atom. The standard InChI is InChI=1S/C15H23BrN2O/c1-3-15(2)12-17-8-9-18(15)10-11-19-14-6-4-13(16)5-7-14/h4-7,17H,3,8-12H2,1-2H3. The summed E-state index contributed by atoms with van der Waals surface area (Å²) in [6, 6.07) is 8.02. The number of hydrogen-bond acceptors (Lipinski definition) is 3. The van der Waals surface area contributed by atoms with Crippen LogP contribution < -0.4 is 10.1 Å². The van der Waals surface area contributed by atoms with Gasteiger partial charge in [0.1, 0.15) is 12.4 Å². The van der Waals surface area contributed by atoms with E-state index in [0.29, 0.717) is 0 Å².